The van der Waals surface area contributed by atoms with Gasteiger partial charge in [0.15, 0.2) is 11.6 Å². The van der Waals surface area contributed by atoms with Crippen LogP contribution in [-0.4, -0.2) is 30.5 Å². The molecule has 6 nitrogen and oxygen atoms in total. The third-order valence-electron chi connectivity index (χ3n) is 27.4. The zero-order valence-electron chi connectivity index (χ0n) is 93.3. The molecule has 0 radical (unpaired) electrons. The predicted octanol–water partition coefficient (Wildman–Crippen LogP) is 38.3. The fourth-order valence-corrected chi connectivity index (χ4v) is 16.9. The van der Waals surface area contributed by atoms with E-state index < -0.39 is 0 Å². The van der Waals surface area contributed by atoms with Gasteiger partial charge in [-0.05, 0) is 383 Å². The van der Waals surface area contributed by atoms with E-state index in [1.165, 1.54) is 193 Å². The SMILES string of the molecule is CC(=O)c1ccc2cc(C)ccc2c1.Cc1cc(-c2cc(C)c(C)c(C)c2)cc(C)c1C.Cc1ccc(-c2ccc(C)c(C)c2)cc1C.Cc1ccc(-c2ccc(C)cc2)cc1.Cc1ccc(C(=O)N(C)c2ccc(C)cc2)cc1.Cc1ccc(CC(=O)c2ccc(C)cc2)cc1.Cc1ccc(OC(=O)c2ccc(C)cc2)cc1.Cc1ccc2cc(C)ccc2c1.Cc1ccc2ccc(C)cc2c1.Cc1cccc2c(C)cccc12. The highest BCUT2D eigenvalue weighted by molar-refractivity contribution is 6.06. The summed E-state index contributed by atoms with van der Waals surface area (Å²) in [4.78, 5) is 48.9. The Morgan fingerprint density at radius 1 is 0.213 bits per heavy atom. The number of amides is 1. The lowest BCUT2D eigenvalue weighted by Gasteiger charge is -2.17. The summed E-state index contributed by atoms with van der Waals surface area (Å²) in [6, 6.07) is 137. The first-order valence-electron chi connectivity index (χ1n) is 51.8. The van der Waals surface area contributed by atoms with Crippen molar-refractivity contribution in [3.8, 4) is 39.1 Å². The molecule has 0 saturated carbocycles. The first kappa shape index (κ1) is 114. The molecule has 0 bridgehead atoms. The molecular weight excluding hydrogens is 1820 g/mol. The molecule has 0 aliphatic heterocycles. The number of rotatable bonds is 11. The van der Waals surface area contributed by atoms with Crippen LogP contribution in [0.2, 0.25) is 0 Å². The number of hydrogen-bond donors (Lipinski definition) is 0. The van der Waals surface area contributed by atoms with Gasteiger partial charge < -0.3 is 9.64 Å². The van der Waals surface area contributed by atoms with Gasteiger partial charge in [-0.15, -0.1) is 0 Å². The van der Waals surface area contributed by atoms with Gasteiger partial charge in [-0.3, -0.25) is 14.4 Å². The molecule has 760 valence electrons. The number of Topliss-reactive ketones (excluding diaryl/α,β-unsaturated/α-hetero) is 2. The molecule has 0 aliphatic rings. The summed E-state index contributed by atoms with van der Waals surface area (Å²) in [5.41, 5.74) is 45.3. The fraction of sp³-hybridized carbons (Fsp3) is 0.194. The van der Waals surface area contributed by atoms with E-state index in [1.54, 1.807) is 43.1 Å². The van der Waals surface area contributed by atoms with Crippen LogP contribution in [0.3, 0.4) is 0 Å². The van der Waals surface area contributed by atoms with Crippen molar-refractivity contribution in [3.63, 3.8) is 0 Å². The Morgan fingerprint density at radius 2 is 0.493 bits per heavy atom. The van der Waals surface area contributed by atoms with E-state index in [4.69, 9.17) is 4.74 Å². The summed E-state index contributed by atoms with van der Waals surface area (Å²) < 4.78 is 5.26. The highest BCUT2D eigenvalue weighted by Crippen LogP contribution is 2.32. The van der Waals surface area contributed by atoms with Crippen molar-refractivity contribution in [1.29, 1.82) is 0 Å². The molecule has 150 heavy (non-hydrogen) atoms. The Balaban J connectivity index is 0.000000158. The van der Waals surface area contributed by atoms with E-state index in [2.05, 4.69) is 368 Å². The Bertz CT molecular complexity index is 7570. The third-order valence-corrected chi connectivity index (χ3v) is 27.4. The van der Waals surface area contributed by atoms with Crippen LogP contribution in [0.5, 0.6) is 5.75 Å². The van der Waals surface area contributed by atoms with E-state index in [9.17, 15) is 19.2 Å². The Kier molecular flexibility index (Phi) is 41.8. The smallest absolute Gasteiger partial charge is 0.343 e. The number of carbonyl (C=O) groups is 4. The second kappa shape index (κ2) is 54.9. The van der Waals surface area contributed by atoms with Crippen LogP contribution >= 0.6 is 0 Å². The molecule has 0 fully saturated rings. The highest BCUT2D eigenvalue weighted by atomic mass is 16.5. The summed E-state index contributed by atoms with van der Waals surface area (Å²) in [5, 5.41) is 10.4. The predicted molar refractivity (Wildman–Crippen MR) is 644 cm³/mol. The average molecular weight is 1970 g/mol. The van der Waals surface area contributed by atoms with Crippen LogP contribution in [0.1, 0.15) is 193 Å². The summed E-state index contributed by atoms with van der Waals surface area (Å²) in [6.07, 6.45) is 0.476. The monoisotopic (exact) mass is 1970 g/mol. The minimum atomic E-state index is -0.325. The number of anilines is 1. The van der Waals surface area contributed by atoms with Crippen molar-refractivity contribution in [1.82, 2.24) is 0 Å². The van der Waals surface area contributed by atoms with E-state index in [0.717, 1.165) is 44.5 Å². The summed E-state index contributed by atoms with van der Waals surface area (Å²) in [6.45, 7) is 54.6. The van der Waals surface area contributed by atoms with Crippen LogP contribution in [0.15, 0.2) is 400 Å². The number of ether oxygens (including phenoxy) is 1. The number of ketones is 2. The van der Waals surface area contributed by atoms with Crippen LogP contribution in [0, 0.1) is 173 Å². The van der Waals surface area contributed by atoms with Crippen LogP contribution < -0.4 is 9.64 Å². The fourth-order valence-electron chi connectivity index (χ4n) is 16.9. The summed E-state index contributed by atoms with van der Waals surface area (Å²) in [7, 11) is 1.80. The largest absolute Gasteiger partial charge is 0.423 e. The summed E-state index contributed by atoms with van der Waals surface area (Å²) >= 11 is 0. The van der Waals surface area contributed by atoms with Gasteiger partial charge in [0.1, 0.15) is 5.75 Å². The van der Waals surface area contributed by atoms with E-state index >= 15 is 0 Å². The molecule has 0 unspecified atom stereocenters. The first-order valence-corrected chi connectivity index (χ1v) is 51.8. The number of aryl methyl sites for hydroxylation is 23. The lowest BCUT2D eigenvalue weighted by atomic mass is 9.93. The van der Waals surface area contributed by atoms with Crippen molar-refractivity contribution in [3.05, 3.63) is 567 Å². The van der Waals surface area contributed by atoms with Crippen LogP contribution in [0.4, 0.5) is 5.69 Å². The number of carbonyl (C=O) groups excluding carboxylic acids is 4. The van der Waals surface area contributed by atoms with E-state index in [1.807, 2.05) is 181 Å². The molecule has 0 saturated heterocycles. The second-order valence-corrected chi connectivity index (χ2v) is 40.5. The molecule has 6 heteroatoms. The van der Waals surface area contributed by atoms with Gasteiger partial charge >= 0.3 is 5.97 Å². The maximum atomic E-state index is 12.3. The van der Waals surface area contributed by atoms with Crippen LogP contribution in [-0.2, 0) is 6.42 Å². The second-order valence-electron chi connectivity index (χ2n) is 40.5. The van der Waals surface area contributed by atoms with Crippen molar-refractivity contribution in [2.24, 2.45) is 0 Å². The quantitative estimate of drug-likeness (QED) is 0.0732. The van der Waals surface area contributed by atoms with Gasteiger partial charge in [0.2, 0.25) is 0 Å². The van der Waals surface area contributed by atoms with Gasteiger partial charge in [0.05, 0.1) is 5.56 Å². The van der Waals surface area contributed by atoms with Gasteiger partial charge in [-0.25, -0.2) is 4.79 Å². The van der Waals surface area contributed by atoms with E-state index in [0.29, 0.717) is 23.3 Å². The van der Waals surface area contributed by atoms with Gasteiger partial charge in [0, 0.05) is 35.8 Å². The van der Waals surface area contributed by atoms with Crippen molar-refractivity contribution >= 4 is 72.2 Å². The van der Waals surface area contributed by atoms with E-state index in [-0.39, 0.29) is 23.4 Å². The maximum Gasteiger partial charge on any atom is 0.343 e. The standard InChI is InChI=1S/C18H22.C16H17NO.C16H16O.C16H18.C15H14O2.C14H14.C13H12O.3C12H12/c1-11-7-17(8-12(2)15(11)5)18-9-13(3)16(6)14(4)10-18;1-12-4-8-14(9-5-12)16(18)17(3)15-10-6-13(2)7-11-15;1-12-3-7-14(8-4-12)11-16(17)15-9-5-13(2)6-10-15;1-11-5-7-15(9-13(11)3)16-8-6-12(2)14(4)10-16;1-11-3-7-13(8-4-11)15(16)17-14-9-5-12(2)6-10-14;1-11-3-7-13(8-4-11)14-9-5-12(2)6-10-14;1-9-3-4-13-8-11(10(2)14)5-6-12(13)7-9;1-9-3-5-12-8-10(2)4-6-11(12)7-9;1-9-3-5-11-6-4-10(2)8-12(11)7-9;1-9-5-3-8-12-10(2)6-4-7-11(9)12/h7-10H,1-6H3;4-11H,1-3H3;3-10H,11H2,1-2H3;5-10H,1-4H3;3-10H,1-2H3;3-10H,1-2H3;3-8H,1-2H3;3*3-8H,1-2H3. The van der Waals surface area contributed by atoms with Gasteiger partial charge in [-0.2, -0.15) is 0 Å². The van der Waals surface area contributed by atoms with Gasteiger partial charge in [0.25, 0.3) is 5.91 Å². The number of nitrogens with zero attached hydrogens (tertiary/aromatic N) is 1. The molecule has 0 N–H and O–H groups in total. The Morgan fingerprint density at radius 3 is 0.853 bits per heavy atom. The molecular formula is C144H149NO5. The minimum Gasteiger partial charge on any atom is -0.423 e. The third kappa shape index (κ3) is 34.4. The van der Waals surface area contributed by atoms with Gasteiger partial charge in [-0.1, -0.05) is 418 Å². The molecule has 20 rings (SSSR count). The van der Waals surface area contributed by atoms with Crippen LogP contribution in [0.25, 0.3) is 76.5 Å². The molecule has 0 aromatic heterocycles. The number of fused-ring (bicyclic) bond motifs is 4. The van der Waals surface area contributed by atoms with Crippen molar-refractivity contribution < 1.29 is 23.9 Å². The molecule has 0 aliphatic carbocycles. The normalized spacial score (nSPS) is 10.4. The molecule has 20 aromatic carbocycles. The first-order chi connectivity index (χ1) is 71.6. The minimum absolute atomic E-state index is 0.0128. The molecule has 20 aromatic rings. The maximum absolute atomic E-state index is 12.3. The zero-order chi connectivity index (χ0) is 109. The average Bonchev–Trinajstić information content (AvgIpc) is 0.808. The highest BCUT2D eigenvalue weighted by Gasteiger charge is 2.16. The number of benzene rings is 20. The molecule has 0 atom stereocenters. The number of hydrogen-bond acceptors (Lipinski definition) is 5. The molecule has 0 spiro atoms. The lowest BCUT2D eigenvalue weighted by Crippen LogP contribution is -2.26. The Hall–Kier alpha value is -16.3. The summed E-state index contributed by atoms with van der Waals surface area (Å²) in [5.74, 6) is 0.551. The molecule has 1 amide bonds. The Labute approximate surface area is 894 Å². The molecule has 0 heterocycles. The zero-order valence-corrected chi connectivity index (χ0v) is 93.3. The van der Waals surface area contributed by atoms with Crippen molar-refractivity contribution in [2.75, 3.05) is 11.9 Å². The topological polar surface area (TPSA) is 80.8 Å². The number of esters is 1. The van der Waals surface area contributed by atoms with Crippen molar-refractivity contribution in [2.45, 2.75) is 186 Å². The lowest BCUT2D eigenvalue weighted by molar-refractivity contribution is 0.0733.